The number of para-hydroxylation sites is 2. The van der Waals surface area contributed by atoms with Crippen molar-refractivity contribution >= 4 is 43.6 Å². The summed E-state index contributed by atoms with van der Waals surface area (Å²) in [6, 6.07) is 78.9. The van der Waals surface area contributed by atoms with Gasteiger partial charge in [0.15, 0.2) is 0 Å². The third-order valence-electron chi connectivity index (χ3n) is 12.9. The van der Waals surface area contributed by atoms with Crippen molar-refractivity contribution in [3.05, 3.63) is 236 Å². The Hall–Kier alpha value is -9.29. The molecule has 0 saturated heterocycles. The fourth-order valence-corrected chi connectivity index (χ4v) is 9.80. The maximum Gasteiger partial charge on any atom is 0.101 e. The summed E-state index contributed by atoms with van der Waals surface area (Å²) < 4.78 is 4.67. The minimum absolute atomic E-state index is 0.331. The number of rotatable bonds is 7. The number of hydrogen-bond donors (Lipinski definition) is 0. The van der Waals surface area contributed by atoms with Crippen LogP contribution in [0.5, 0.6) is 0 Å². The highest BCUT2D eigenvalue weighted by molar-refractivity contribution is 6.12. The van der Waals surface area contributed by atoms with Crippen molar-refractivity contribution in [2.75, 3.05) is 0 Å². The second kappa shape index (κ2) is 15.8. The molecular weight excluding hydrogens is 803 g/mol. The van der Waals surface area contributed by atoms with Crippen LogP contribution >= 0.6 is 0 Å². The fraction of sp³-hybridized carbons (Fsp3) is 0. The number of aromatic nitrogens is 3. The zero-order valence-corrected chi connectivity index (χ0v) is 35.6. The van der Waals surface area contributed by atoms with E-state index >= 15 is 0 Å². The van der Waals surface area contributed by atoms with E-state index in [0.717, 1.165) is 66.8 Å². The van der Waals surface area contributed by atoms with Gasteiger partial charge in [-0.15, -0.1) is 0 Å². The van der Waals surface area contributed by atoms with Crippen molar-refractivity contribution in [3.8, 4) is 79.1 Å². The molecule has 0 saturated carbocycles. The first kappa shape index (κ1) is 38.4. The van der Waals surface area contributed by atoms with Crippen molar-refractivity contribution in [3.63, 3.8) is 0 Å². The van der Waals surface area contributed by atoms with Gasteiger partial charge in [-0.05, 0) is 112 Å². The maximum absolute atomic E-state index is 10.2. The molecule has 0 bridgehead atoms. The van der Waals surface area contributed by atoms with Crippen LogP contribution in [0.1, 0.15) is 11.1 Å². The number of pyridine rings is 1. The van der Waals surface area contributed by atoms with E-state index in [-0.39, 0.29) is 0 Å². The molecule has 0 aliphatic heterocycles. The third kappa shape index (κ3) is 6.35. The Labute approximate surface area is 381 Å². The molecule has 0 N–H and O–H groups in total. The second-order valence-corrected chi connectivity index (χ2v) is 16.6. The van der Waals surface area contributed by atoms with Gasteiger partial charge >= 0.3 is 0 Å². The van der Waals surface area contributed by atoms with E-state index in [1.54, 1.807) is 6.07 Å². The molecule has 5 heteroatoms. The van der Waals surface area contributed by atoms with Gasteiger partial charge in [0.05, 0.1) is 33.2 Å². The molecule has 3 heterocycles. The summed E-state index contributed by atoms with van der Waals surface area (Å²) in [5.41, 5.74) is 17.6. The maximum atomic E-state index is 10.2. The molecule has 0 radical (unpaired) electrons. The lowest BCUT2D eigenvalue weighted by atomic mass is 9.88. The first-order valence-electron chi connectivity index (χ1n) is 22.0. The number of nitriles is 2. The average Bonchev–Trinajstić information content (AvgIpc) is 3.91. The Kier molecular flexibility index (Phi) is 9.19. The van der Waals surface area contributed by atoms with E-state index in [1.807, 2.05) is 36.7 Å². The molecule has 0 aliphatic rings. The number of benzene rings is 9. The highest BCUT2D eigenvalue weighted by Crippen LogP contribution is 2.42. The topological polar surface area (TPSA) is 70.3 Å². The molecule has 5 nitrogen and oxygen atoms in total. The molecule has 12 aromatic rings. The van der Waals surface area contributed by atoms with Gasteiger partial charge in [-0.3, -0.25) is 4.98 Å². The van der Waals surface area contributed by atoms with Crippen LogP contribution < -0.4 is 0 Å². The van der Waals surface area contributed by atoms with Gasteiger partial charge in [0.2, 0.25) is 0 Å². The predicted octanol–water partition coefficient (Wildman–Crippen LogP) is 15.4. The SMILES string of the molecule is N#Cc1ccc(-c2c(-c3ccc(-n4c5ccccc5c5cc(-c6ccccc6)ccc54)cc3)cncc2-c2ccc(-n3c4ccccc4c4cc(-c5ccccc5)ccc43)cc2)cc1C#N. The van der Waals surface area contributed by atoms with E-state index in [2.05, 4.69) is 203 Å². The summed E-state index contributed by atoms with van der Waals surface area (Å²) in [5, 5.41) is 24.8. The van der Waals surface area contributed by atoms with Crippen LogP contribution in [0.25, 0.3) is 111 Å². The first-order chi connectivity index (χ1) is 32.6. The monoisotopic (exact) mass is 839 g/mol. The zero-order chi connectivity index (χ0) is 44.1. The van der Waals surface area contributed by atoms with Gasteiger partial charge in [-0.1, -0.05) is 140 Å². The van der Waals surface area contributed by atoms with Crippen LogP contribution in [-0.2, 0) is 0 Å². The van der Waals surface area contributed by atoms with Crippen molar-refractivity contribution in [2.45, 2.75) is 0 Å². The van der Waals surface area contributed by atoms with E-state index in [4.69, 9.17) is 4.98 Å². The Morgan fingerprint density at radius 3 is 1.20 bits per heavy atom. The van der Waals surface area contributed by atoms with E-state index in [9.17, 15) is 10.5 Å². The van der Waals surface area contributed by atoms with Gasteiger partial charge in [-0.2, -0.15) is 10.5 Å². The fourth-order valence-electron chi connectivity index (χ4n) is 9.80. The van der Waals surface area contributed by atoms with Crippen molar-refractivity contribution < 1.29 is 0 Å². The largest absolute Gasteiger partial charge is 0.309 e. The molecule has 0 fully saturated rings. The number of fused-ring (bicyclic) bond motifs is 6. The van der Waals surface area contributed by atoms with Crippen molar-refractivity contribution in [2.24, 2.45) is 0 Å². The highest BCUT2D eigenvalue weighted by Gasteiger charge is 2.20. The summed E-state index contributed by atoms with van der Waals surface area (Å²) in [4.78, 5) is 4.85. The zero-order valence-electron chi connectivity index (χ0n) is 35.6. The Morgan fingerprint density at radius 2 is 0.727 bits per heavy atom. The van der Waals surface area contributed by atoms with Crippen LogP contribution in [0.4, 0.5) is 0 Å². The van der Waals surface area contributed by atoms with Crippen LogP contribution in [0, 0.1) is 22.7 Å². The third-order valence-corrected chi connectivity index (χ3v) is 12.9. The van der Waals surface area contributed by atoms with Crippen LogP contribution in [0.15, 0.2) is 225 Å². The average molecular weight is 840 g/mol. The standard InChI is InChI=1S/C61H37N5/c62-36-47-20-19-46(33-48(47)37-63)61-55(42-21-27-49(28-22-42)65-57-17-9-7-15-51(57)53-34-44(25-31-59(53)65)40-11-3-1-4-12-40)38-64-39-56(61)43-23-29-50(30-24-43)66-58-18-10-8-16-52(58)54-35-45(26-32-60(54)66)41-13-5-2-6-14-41/h1-35,38-39H. The molecule has 3 aromatic heterocycles. The lowest BCUT2D eigenvalue weighted by Crippen LogP contribution is -1.97. The second-order valence-electron chi connectivity index (χ2n) is 16.6. The smallest absolute Gasteiger partial charge is 0.101 e. The van der Waals surface area contributed by atoms with Gasteiger partial charge in [0.25, 0.3) is 0 Å². The molecule has 0 amide bonds. The molecule has 0 spiro atoms. The molecule has 0 aliphatic carbocycles. The Balaban J connectivity index is 0.973. The van der Waals surface area contributed by atoms with Gasteiger partial charge in [0, 0.05) is 62.0 Å². The Morgan fingerprint density at radius 1 is 0.318 bits per heavy atom. The Bertz CT molecular complexity index is 3700. The van der Waals surface area contributed by atoms with Crippen molar-refractivity contribution in [1.82, 2.24) is 14.1 Å². The van der Waals surface area contributed by atoms with Crippen LogP contribution in [-0.4, -0.2) is 14.1 Å². The quantitative estimate of drug-likeness (QED) is 0.160. The number of nitrogens with zero attached hydrogens (tertiary/aromatic N) is 5. The molecule has 66 heavy (non-hydrogen) atoms. The lowest BCUT2D eigenvalue weighted by Gasteiger charge is -2.17. The van der Waals surface area contributed by atoms with Crippen LogP contribution in [0.2, 0.25) is 0 Å². The van der Waals surface area contributed by atoms with Gasteiger partial charge in [0.1, 0.15) is 12.1 Å². The molecule has 0 unspecified atom stereocenters. The molecule has 306 valence electrons. The van der Waals surface area contributed by atoms with Gasteiger partial charge in [-0.25, -0.2) is 0 Å². The molecule has 12 rings (SSSR count). The molecule has 9 aromatic carbocycles. The van der Waals surface area contributed by atoms with Crippen molar-refractivity contribution in [1.29, 1.82) is 10.5 Å². The normalized spacial score (nSPS) is 11.3. The first-order valence-corrected chi connectivity index (χ1v) is 22.0. The summed E-state index contributed by atoms with van der Waals surface area (Å²) in [5.74, 6) is 0. The van der Waals surface area contributed by atoms with Crippen LogP contribution in [0.3, 0.4) is 0 Å². The summed E-state index contributed by atoms with van der Waals surface area (Å²) >= 11 is 0. The minimum Gasteiger partial charge on any atom is -0.309 e. The highest BCUT2D eigenvalue weighted by atomic mass is 15.0. The molecule has 0 atom stereocenters. The summed E-state index contributed by atoms with van der Waals surface area (Å²) in [7, 11) is 0. The summed E-state index contributed by atoms with van der Waals surface area (Å²) in [6.07, 6.45) is 3.81. The number of hydrogen-bond acceptors (Lipinski definition) is 3. The molecular formula is C61H37N5. The predicted molar refractivity (Wildman–Crippen MR) is 270 cm³/mol. The van der Waals surface area contributed by atoms with Gasteiger partial charge < -0.3 is 9.13 Å². The van der Waals surface area contributed by atoms with E-state index in [1.165, 1.54) is 43.8 Å². The minimum atomic E-state index is 0.331. The van der Waals surface area contributed by atoms with E-state index < -0.39 is 0 Å². The van der Waals surface area contributed by atoms with E-state index in [0.29, 0.717) is 11.1 Å². The lowest BCUT2D eigenvalue weighted by molar-refractivity contribution is 1.18. The summed E-state index contributed by atoms with van der Waals surface area (Å²) in [6.45, 7) is 0.